The molecule has 1 fully saturated rings. The Morgan fingerprint density at radius 1 is 1.36 bits per heavy atom. The van der Waals surface area contributed by atoms with Gasteiger partial charge >= 0.3 is 0 Å². The van der Waals surface area contributed by atoms with Gasteiger partial charge in [-0.2, -0.15) is 0 Å². The van der Waals surface area contributed by atoms with Gasteiger partial charge in [-0.1, -0.05) is 19.8 Å². The Morgan fingerprint density at radius 2 is 2.14 bits per heavy atom. The van der Waals surface area contributed by atoms with Crippen LogP contribution in [0.4, 0.5) is 0 Å². The first kappa shape index (κ1) is 14.8. The molecule has 2 heterocycles. The number of carbonyl (C=O) groups excluding carboxylic acids is 1. The van der Waals surface area contributed by atoms with Crippen molar-refractivity contribution in [2.45, 2.75) is 38.6 Å². The number of nitrogens with one attached hydrogen (secondary N) is 1. The summed E-state index contributed by atoms with van der Waals surface area (Å²) in [6.45, 7) is 2.16. The first-order chi connectivity index (χ1) is 10.6. The van der Waals surface area contributed by atoms with Gasteiger partial charge in [-0.15, -0.1) is 0 Å². The monoisotopic (exact) mass is 299 g/mol. The summed E-state index contributed by atoms with van der Waals surface area (Å²) in [4.78, 5) is 29.1. The number of amides is 1. The minimum Gasteiger partial charge on any atom is -0.349 e. The molecule has 5 heteroatoms. The van der Waals surface area contributed by atoms with Crippen molar-refractivity contribution in [3.05, 3.63) is 40.3 Å². The van der Waals surface area contributed by atoms with Gasteiger partial charge in [0.2, 0.25) is 0 Å². The molecule has 0 aliphatic heterocycles. The van der Waals surface area contributed by atoms with Gasteiger partial charge in [0.15, 0.2) is 0 Å². The van der Waals surface area contributed by atoms with Crippen LogP contribution < -0.4 is 10.9 Å². The second-order valence-electron chi connectivity index (χ2n) is 6.18. The summed E-state index contributed by atoms with van der Waals surface area (Å²) in [5, 5.41) is 3.84. The number of aromatic nitrogens is 2. The van der Waals surface area contributed by atoms with Crippen LogP contribution in [-0.4, -0.2) is 21.5 Å². The largest absolute Gasteiger partial charge is 0.349 e. The Labute approximate surface area is 129 Å². The van der Waals surface area contributed by atoms with E-state index >= 15 is 0 Å². The zero-order valence-electron chi connectivity index (χ0n) is 13.0. The molecule has 3 rings (SSSR count). The molecule has 1 saturated carbocycles. The van der Waals surface area contributed by atoms with E-state index < -0.39 is 0 Å². The second kappa shape index (κ2) is 5.91. The van der Waals surface area contributed by atoms with Gasteiger partial charge < -0.3 is 5.32 Å². The van der Waals surface area contributed by atoms with Crippen LogP contribution in [0, 0.1) is 5.92 Å². The third kappa shape index (κ3) is 2.63. The van der Waals surface area contributed by atoms with Crippen molar-refractivity contribution in [2.24, 2.45) is 13.0 Å². The highest BCUT2D eigenvalue weighted by Crippen LogP contribution is 2.24. The van der Waals surface area contributed by atoms with Gasteiger partial charge in [-0.25, -0.2) is 4.98 Å². The number of rotatable bonds is 2. The van der Waals surface area contributed by atoms with E-state index in [1.807, 2.05) is 6.07 Å². The molecule has 5 nitrogen and oxygen atoms in total. The Bertz CT molecular complexity index is 766. The summed E-state index contributed by atoms with van der Waals surface area (Å²) in [7, 11) is 1.65. The Kier molecular flexibility index (Phi) is 3.96. The maximum Gasteiger partial charge on any atom is 0.264 e. The van der Waals surface area contributed by atoms with E-state index in [2.05, 4.69) is 17.2 Å². The molecular formula is C17H21N3O2. The van der Waals surface area contributed by atoms with Crippen LogP contribution in [0.3, 0.4) is 0 Å². The summed E-state index contributed by atoms with van der Waals surface area (Å²) >= 11 is 0. The molecule has 0 bridgehead atoms. The predicted octanol–water partition coefficient (Wildman–Crippen LogP) is 2.24. The van der Waals surface area contributed by atoms with Gasteiger partial charge in [0, 0.05) is 24.7 Å². The first-order valence-electron chi connectivity index (χ1n) is 7.83. The number of aryl methyl sites for hydroxylation is 1. The van der Waals surface area contributed by atoms with E-state index in [0.29, 0.717) is 11.6 Å². The third-order valence-electron chi connectivity index (χ3n) is 4.64. The van der Waals surface area contributed by atoms with Crippen molar-refractivity contribution < 1.29 is 4.79 Å². The SMILES string of the molecule is C[C@@H]1CCCC[C@H]1NC(=O)c1cc2cccnc2n(C)c1=O. The van der Waals surface area contributed by atoms with Gasteiger partial charge in [0.05, 0.1) is 0 Å². The molecule has 0 radical (unpaired) electrons. The average molecular weight is 299 g/mol. The van der Waals surface area contributed by atoms with Crippen LogP contribution in [0.1, 0.15) is 43.0 Å². The normalized spacial score (nSPS) is 21.7. The summed E-state index contributed by atoms with van der Waals surface area (Å²) in [6.07, 6.45) is 6.12. The van der Waals surface area contributed by atoms with E-state index in [9.17, 15) is 9.59 Å². The van der Waals surface area contributed by atoms with Crippen LogP contribution in [-0.2, 0) is 7.05 Å². The molecule has 2 aromatic rings. The lowest BCUT2D eigenvalue weighted by Crippen LogP contribution is -2.43. The van der Waals surface area contributed by atoms with Gasteiger partial charge in [0.1, 0.15) is 11.2 Å². The zero-order valence-corrected chi connectivity index (χ0v) is 13.0. The molecular weight excluding hydrogens is 278 g/mol. The molecule has 2 aromatic heterocycles. The molecule has 116 valence electrons. The van der Waals surface area contributed by atoms with E-state index in [4.69, 9.17) is 0 Å². The lowest BCUT2D eigenvalue weighted by atomic mass is 9.86. The number of fused-ring (bicyclic) bond motifs is 1. The van der Waals surface area contributed by atoms with Crippen LogP contribution >= 0.6 is 0 Å². The Hall–Kier alpha value is -2.17. The number of pyridine rings is 2. The van der Waals surface area contributed by atoms with Gasteiger partial charge in [-0.3, -0.25) is 14.2 Å². The summed E-state index contributed by atoms with van der Waals surface area (Å²) < 4.78 is 1.44. The van der Waals surface area contributed by atoms with Crippen molar-refractivity contribution in [2.75, 3.05) is 0 Å². The molecule has 0 spiro atoms. The summed E-state index contributed by atoms with van der Waals surface area (Å²) in [5.41, 5.74) is 0.489. The summed E-state index contributed by atoms with van der Waals surface area (Å²) in [5.74, 6) is 0.189. The van der Waals surface area contributed by atoms with E-state index in [0.717, 1.165) is 24.6 Å². The molecule has 1 aliphatic rings. The van der Waals surface area contributed by atoms with Crippen LogP contribution in [0.5, 0.6) is 0 Å². The molecule has 1 N–H and O–H groups in total. The minimum atomic E-state index is -0.299. The number of hydrogen-bond donors (Lipinski definition) is 1. The van der Waals surface area contributed by atoms with Crippen LogP contribution in [0.15, 0.2) is 29.2 Å². The fourth-order valence-electron chi connectivity index (χ4n) is 3.24. The highest BCUT2D eigenvalue weighted by molar-refractivity contribution is 5.97. The lowest BCUT2D eigenvalue weighted by molar-refractivity contribution is 0.0908. The molecule has 1 amide bonds. The maximum absolute atomic E-state index is 12.5. The second-order valence-corrected chi connectivity index (χ2v) is 6.18. The topological polar surface area (TPSA) is 64.0 Å². The van der Waals surface area contributed by atoms with Gasteiger partial charge in [0.25, 0.3) is 11.5 Å². The molecule has 0 unspecified atom stereocenters. The Morgan fingerprint density at radius 3 is 2.91 bits per heavy atom. The third-order valence-corrected chi connectivity index (χ3v) is 4.64. The quantitative estimate of drug-likeness (QED) is 0.925. The summed E-state index contributed by atoms with van der Waals surface area (Å²) in [6, 6.07) is 5.48. The smallest absolute Gasteiger partial charge is 0.264 e. The van der Waals surface area contributed by atoms with E-state index in [1.54, 1.807) is 25.4 Å². The predicted molar refractivity (Wildman–Crippen MR) is 85.9 cm³/mol. The zero-order chi connectivity index (χ0) is 15.7. The van der Waals surface area contributed by atoms with Crippen molar-refractivity contribution >= 4 is 16.9 Å². The standard InChI is InChI=1S/C17H21N3O2/c1-11-6-3-4-8-14(11)19-16(21)13-10-12-7-5-9-18-15(12)20(2)17(13)22/h5,7,9-11,14H,3-4,6,8H2,1-2H3,(H,19,21)/t11-,14-/m1/s1. The Balaban J connectivity index is 1.94. The van der Waals surface area contributed by atoms with Crippen molar-refractivity contribution in [3.63, 3.8) is 0 Å². The van der Waals surface area contributed by atoms with Crippen molar-refractivity contribution in [1.82, 2.24) is 14.9 Å². The van der Waals surface area contributed by atoms with Gasteiger partial charge in [-0.05, 0) is 37.0 Å². The van der Waals surface area contributed by atoms with Crippen LogP contribution in [0.25, 0.3) is 11.0 Å². The molecule has 0 aromatic carbocycles. The van der Waals surface area contributed by atoms with E-state index in [1.165, 1.54) is 11.0 Å². The maximum atomic E-state index is 12.5. The number of hydrogen-bond acceptors (Lipinski definition) is 3. The lowest BCUT2D eigenvalue weighted by Gasteiger charge is -2.29. The highest BCUT2D eigenvalue weighted by atomic mass is 16.2. The number of nitrogens with zero attached hydrogens (tertiary/aromatic N) is 2. The fourth-order valence-corrected chi connectivity index (χ4v) is 3.24. The van der Waals surface area contributed by atoms with Crippen LogP contribution in [0.2, 0.25) is 0 Å². The molecule has 22 heavy (non-hydrogen) atoms. The fraction of sp³-hybridized carbons (Fsp3) is 0.471. The average Bonchev–Trinajstić information content (AvgIpc) is 2.53. The minimum absolute atomic E-state index is 0.163. The first-order valence-corrected chi connectivity index (χ1v) is 7.83. The molecule has 2 atom stereocenters. The number of carbonyl (C=O) groups is 1. The van der Waals surface area contributed by atoms with E-state index in [-0.39, 0.29) is 23.1 Å². The van der Waals surface area contributed by atoms with Crippen molar-refractivity contribution in [1.29, 1.82) is 0 Å². The van der Waals surface area contributed by atoms with Crippen molar-refractivity contribution in [3.8, 4) is 0 Å². The highest BCUT2D eigenvalue weighted by Gasteiger charge is 2.24. The molecule has 0 saturated heterocycles. The molecule has 1 aliphatic carbocycles.